The summed E-state index contributed by atoms with van der Waals surface area (Å²) in [6.45, 7) is 2.00. The Hall–Kier alpha value is -1.78. The van der Waals surface area contributed by atoms with Crippen molar-refractivity contribution in [2.24, 2.45) is 0 Å². The number of rotatable bonds is 3. The molecule has 0 aliphatic heterocycles. The number of hydrogen-bond donors (Lipinski definition) is 2. The number of nitrogens with two attached hydrogens (primary N) is 1. The number of benzene rings is 1. The number of carbonyl (C=O) groups is 1. The van der Waals surface area contributed by atoms with Crippen molar-refractivity contribution in [1.82, 2.24) is 0 Å². The zero-order valence-corrected chi connectivity index (χ0v) is 7.58. The van der Waals surface area contributed by atoms with Crippen LogP contribution < -0.4 is 10.5 Å². The lowest BCUT2D eigenvalue weighted by Gasteiger charge is -2.09. The molecule has 0 heterocycles. The molecule has 0 atom stereocenters. The Balaban J connectivity index is 3.30. The van der Waals surface area contributed by atoms with Crippen LogP contribution in [0.5, 0.6) is 5.75 Å². The highest BCUT2D eigenvalue weighted by atomic mass is 19.1. The number of carboxylic acids is 1. The van der Waals surface area contributed by atoms with E-state index in [9.17, 15) is 9.18 Å². The molecule has 0 aliphatic rings. The number of aromatic carboxylic acids is 1. The van der Waals surface area contributed by atoms with E-state index in [0.29, 0.717) is 6.61 Å². The molecule has 0 radical (unpaired) electrons. The summed E-state index contributed by atoms with van der Waals surface area (Å²) in [5.74, 6) is -1.98. The lowest BCUT2D eigenvalue weighted by atomic mass is 10.1. The highest BCUT2D eigenvalue weighted by Gasteiger charge is 2.18. The minimum absolute atomic E-state index is 0.0823. The van der Waals surface area contributed by atoms with Crippen molar-refractivity contribution >= 4 is 11.7 Å². The molecule has 0 unspecified atom stereocenters. The first kappa shape index (κ1) is 10.3. The average molecular weight is 199 g/mol. The fraction of sp³-hybridized carbons (Fsp3) is 0.222. The van der Waals surface area contributed by atoms with Crippen LogP contribution in [0.4, 0.5) is 10.1 Å². The van der Waals surface area contributed by atoms with E-state index in [1.54, 1.807) is 6.92 Å². The Morgan fingerprint density at radius 1 is 1.64 bits per heavy atom. The molecule has 0 amide bonds. The van der Waals surface area contributed by atoms with Gasteiger partial charge in [0, 0.05) is 0 Å². The summed E-state index contributed by atoms with van der Waals surface area (Å²) in [5, 5.41) is 8.77. The molecule has 0 saturated heterocycles. The Bertz CT molecular complexity index is 365. The van der Waals surface area contributed by atoms with Crippen LogP contribution in [-0.4, -0.2) is 17.7 Å². The van der Waals surface area contributed by atoms with Crippen LogP contribution in [0.15, 0.2) is 12.1 Å². The topological polar surface area (TPSA) is 72.5 Å². The summed E-state index contributed by atoms with van der Waals surface area (Å²) < 4.78 is 17.9. The van der Waals surface area contributed by atoms with Gasteiger partial charge in [-0.1, -0.05) is 0 Å². The van der Waals surface area contributed by atoms with Crippen molar-refractivity contribution in [3.8, 4) is 5.75 Å². The molecule has 0 fully saturated rings. The minimum atomic E-state index is -1.30. The van der Waals surface area contributed by atoms with Crippen molar-refractivity contribution < 1.29 is 19.0 Å². The van der Waals surface area contributed by atoms with Crippen molar-refractivity contribution in [3.05, 3.63) is 23.5 Å². The largest absolute Gasteiger partial charge is 0.493 e. The van der Waals surface area contributed by atoms with Gasteiger partial charge in [-0.05, 0) is 19.1 Å². The van der Waals surface area contributed by atoms with Crippen molar-refractivity contribution in [2.45, 2.75) is 6.92 Å². The van der Waals surface area contributed by atoms with Gasteiger partial charge in [-0.15, -0.1) is 0 Å². The quantitative estimate of drug-likeness (QED) is 0.723. The summed E-state index contributed by atoms with van der Waals surface area (Å²) in [5.41, 5.74) is 4.55. The van der Waals surface area contributed by atoms with Gasteiger partial charge in [0.1, 0.15) is 17.1 Å². The Kier molecular flexibility index (Phi) is 2.91. The van der Waals surface area contributed by atoms with Gasteiger partial charge in [-0.3, -0.25) is 0 Å². The molecule has 0 spiro atoms. The third kappa shape index (κ3) is 1.76. The second-order valence-corrected chi connectivity index (χ2v) is 2.57. The maximum absolute atomic E-state index is 12.9. The second kappa shape index (κ2) is 3.95. The maximum atomic E-state index is 12.9. The van der Waals surface area contributed by atoms with E-state index in [1.807, 2.05) is 0 Å². The fourth-order valence-electron chi connectivity index (χ4n) is 1.07. The van der Waals surface area contributed by atoms with Crippen LogP contribution >= 0.6 is 0 Å². The summed E-state index contributed by atoms with van der Waals surface area (Å²) in [6, 6.07) is 2.32. The molecule has 0 bridgehead atoms. The van der Waals surface area contributed by atoms with Gasteiger partial charge in [-0.25, -0.2) is 9.18 Å². The molecule has 5 heteroatoms. The van der Waals surface area contributed by atoms with Crippen LogP contribution in [0.1, 0.15) is 17.3 Å². The first-order valence-corrected chi connectivity index (χ1v) is 4.02. The van der Waals surface area contributed by atoms with Crippen LogP contribution in [0, 0.1) is 5.82 Å². The SMILES string of the molecule is CCOc1ccc(F)c(N)c1C(=O)O. The van der Waals surface area contributed by atoms with Gasteiger partial charge in [0.05, 0.1) is 12.3 Å². The molecule has 0 aliphatic carbocycles. The lowest BCUT2D eigenvalue weighted by Crippen LogP contribution is -2.08. The predicted octanol–water partition coefficient (Wildman–Crippen LogP) is 1.50. The monoisotopic (exact) mass is 199 g/mol. The third-order valence-electron chi connectivity index (χ3n) is 1.67. The fourth-order valence-corrected chi connectivity index (χ4v) is 1.07. The number of nitrogen functional groups attached to an aromatic ring is 1. The van der Waals surface area contributed by atoms with Crippen LogP contribution in [0.3, 0.4) is 0 Å². The molecule has 3 N–H and O–H groups in total. The van der Waals surface area contributed by atoms with E-state index >= 15 is 0 Å². The molecule has 1 aromatic rings. The molecule has 4 nitrogen and oxygen atoms in total. The van der Waals surface area contributed by atoms with E-state index in [0.717, 1.165) is 6.07 Å². The summed E-state index contributed by atoms with van der Waals surface area (Å²) in [4.78, 5) is 10.7. The Morgan fingerprint density at radius 3 is 2.79 bits per heavy atom. The zero-order chi connectivity index (χ0) is 10.7. The number of halogens is 1. The van der Waals surface area contributed by atoms with E-state index in [1.165, 1.54) is 6.07 Å². The number of hydrogen-bond acceptors (Lipinski definition) is 3. The standard InChI is InChI=1S/C9H10FNO3/c1-2-14-6-4-3-5(10)8(11)7(6)9(12)13/h3-4H,2,11H2,1H3,(H,12,13). The van der Waals surface area contributed by atoms with E-state index in [-0.39, 0.29) is 11.3 Å². The molecule has 0 aromatic heterocycles. The third-order valence-corrected chi connectivity index (χ3v) is 1.67. The Morgan fingerprint density at radius 2 is 2.29 bits per heavy atom. The molecule has 1 rings (SSSR count). The summed E-state index contributed by atoms with van der Waals surface area (Å²) >= 11 is 0. The van der Waals surface area contributed by atoms with Crippen LogP contribution in [0.25, 0.3) is 0 Å². The highest BCUT2D eigenvalue weighted by molar-refractivity contribution is 5.96. The van der Waals surface area contributed by atoms with Gasteiger partial charge in [0.15, 0.2) is 0 Å². The molecule has 1 aromatic carbocycles. The zero-order valence-electron chi connectivity index (χ0n) is 7.58. The lowest BCUT2D eigenvalue weighted by molar-refractivity contribution is 0.0693. The van der Waals surface area contributed by atoms with Crippen molar-refractivity contribution in [3.63, 3.8) is 0 Å². The first-order valence-electron chi connectivity index (χ1n) is 4.02. The summed E-state index contributed by atoms with van der Waals surface area (Å²) in [6.07, 6.45) is 0. The average Bonchev–Trinajstić information content (AvgIpc) is 2.11. The molecular weight excluding hydrogens is 189 g/mol. The van der Waals surface area contributed by atoms with E-state index < -0.39 is 17.5 Å². The number of carboxylic acid groups (broad SMARTS) is 1. The molecule has 76 valence electrons. The maximum Gasteiger partial charge on any atom is 0.341 e. The smallest absolute Gasteiger partial charge is 0.341 e. The van der Waals surface area contributed by atoms with Gasteiger partial charge in [0.25, 0.3) is 0 Å². The second-order valence-electron chi connectivity index (χ2n) is 2.57. The van der Waals surface area contributed by atoms with E-state index in [4.69, 9.17) is 15.6 Å². The van der Waals surface area contributed by atoms with Gasteiger partial charge < -0.3 is 15.6 Å². The van der Waals surface area contributed by atoms with Gasteiger partial charge in [0.2, 0.25) is 0 Å². The summed E-state index contributed by atoms with van der Waals surface area (Å²) in [7, 11) is 0. The normalized spacial score (nSPS) is 9.86. The molecule has 0 saturated carbocycles. The Labute approximate surface area is 80.1 Å². The predicted molar refractivity (Wildman–Crippen MR) is 48.9 cm³/mol. The van der Waals surface area contributed by atoms with Crippen LogP contribution in [-0.2, 0) is 0 Å². The van der Waals surface area contributed by atoms with Crippen molar-refractivity contribution in [2.75, 3.05) is 12.3 Å². The van der Waals surface area contributed by atoms with Crippen LogP contribution in [0.2, 0.25) is 0 Å². The van der Waals surface area contributed by atoms with Gasteiger partial charge >= 0.3 is 5.97 Å². The first-order chi connectivity index (χ1) is 6.57. The van der Waals surface area contributed by atoms with E-state index in [2.05, 4.69) is 0 Å². The van der Waals surface area contributed by atoms with Crippen molar-refractivity contribution in [1.29, 1.82) is 0 Å². The highest BCUT2D eigenvalue weighted by Crippen LogP contribution is 2.26. The number of ether oxygens (including phenoxy) is 1. The minimum Gasteiger partial charge on any atom is -0.493 e. The molecule has 14 heavy (non-hydrogen) atoms. The van der Waals surface area contributed by atoms with Gasteiger partial charge in [-0.2, -0.15) is 0 Å². The molecular formula is C9H10FNO3. The number of anilines is 1.